The van der Waals surface area contributed by atoms with Crippen molar-refractivity contribution in [3.8, 4) is 5.75 Å². The molecule has 0 spiro atoms. The van der Waals surface area contributed by atoms with Crippen LogP contribution in [0.1, 0.15) is 12.5 Å². The summed E-state index contributed by atoms with van der Waals surface area (Å²) in [5, 5.41) is 10.9. The van der Waals surface area contributed by atoms with Gasteiger partial charge in [0.25, 0.3) is 5.91 Å². The number of piperazine rings is 1. The van der Waals surface area contributed by atoms with Crippen molar-refractivity contribution >= 4 is 35.0 Å². The Bertz CT molecular complexity index is 878. The van der Waals surface area contributed by atoms with Crippen molar-refractivity contribution in [1.82, 2.24) is 15.1 Å². The number of nitrogens with zero attached hydrogens (tertiary/aromatic N) is 4. The number of ether oxygens (including phenoxy) is 2. The van der Waals surface area contributed by atoms with Crippen LogP contribution in [0, 0.1) is 0 Å². The second kappa shape index (κ2) is 11.6. The summed E-state index contributed by atoms with van der Waals surface area (Å²) in [7, 11) is 1.25. The number of carbonyl (C=O) groups excluding carboxylic acids is 2. The molecule has 2 saturated heterocycles. The lowest BCUT2D eigenvalue weighted by Crippen LogP contribution is -2.47. The van der Waals surface area contributed by atoms with Crippen LogP contribution in [-0.2, 0) is 14.3 Å². The summed E-state index contributed by atoms with van der Waals surface area (Å²) in [5.74, 6) is -0.276. The Kier molecular flexibility index (Phi) is 8.63. The van der Waals surface area contributed by atoms with Crippen LogP contribution < -0.4 is 10.1 Å². The maximum Gasteiger partial charge on any atom is 0.331 e. The van der Waals surface area contributed by atoms with Crippen LogP contribution in [0.5, 0.6) is 5.75 Å². The topological polar surface area (TPSA) is 95.8 Å². The second-order valence-corrected chi connectivity index (χ2v) is 7.93. The molecule has 3 rings (SSSR count). The van der Waals surface area contributed by atoms with Gasteiger partial charge >= 0.3 is 5.97 Å². The van der Waals surface area contributed by atoms with Crippen LogP contribution >= 0.6 is 11.8 Å². The Labute approximate surface area is 186 Å². The Morgan fingerprint density at radius 2 is 1.97 bits per heavy atom. The number of amidine groups is 1. The van der Waals surface area contributed by atoms with E-state index in [0.717, 1.165) is 68.4 Å². The minimum atomic E-state index is -0.597. The molecule has 1 N–H and O–H groups in total. The smallest absolute Gasteiger partial charge is 0.331 e. The summed E-state index contributed by atoms with van der Waals surface area (Å²) in [6, 6.07) is 7.60. The molecule has 0 saturated carbocycles. The van der Waals surface area contributed by atoms with Crippen molar-refractivity contribution in [3.63, 3.8) is 0 Å². The minimum Gasteiger partial charge on any atom is -0.492 e. The average molecular weight is 446 g/mol. The highest BCUT2D eigenvalue weighted by Crippen LogP contribution is 2.23. The van der Waals surface area contributed by atoms with Crippen LogP contribution in [0.15, 0.2) is 45.4 Å². The van der Waals surface area contributed by atoms with Gasteiger partial charge in [0.15, 0.2) is 5.17 Å². The number of hydrogen-bond acceptors (Lipinski definition) is 9. The van der Waals surface area contributed by atoms with Crippen molar-refractivity contribution in [2.45, 2.75) is 6.92 Å². The highest BCUT2D eigenvalue weighted by molar-refractivity contribution is 8.18. The van der Waals surface area contributed by atoms with E-state index in [1.54, 1.807) is 6.21 Å². The number of amides is 1. The molecule has 0 radical (unpaired) electrons. The first-order valence-corrected chi connectivity index (χ1v) is 11.0. The van der Waals surface area contributed by atoms with Gasteiger partial charge in [0.1, 0.15) is 12.4 Å². The van der Waals surface area contributed by atoms with E-state index in [4.69, 9.17) is 4.74 Å². The van der Waals surface area contributed by atoms with Gasteiger partial charge in [-0.15, -0.1) is 5.10 Å². The van der Waals surface area contributed by atoms with E-state index in [-0.39, 0.29) is 4.91 Å². The first kappa shape index (κ1) is 23.0. The van der Waals surface area contributed by atoms with E-state index in [9.17, 15) is 9.59 Å². The SMILES string of the molecule is CCN1CCN(CCOc2ccccc2C=N/N=C2/NC(=O)/C(=C\C(=O)OC)S2)CC1. The van der Waals surface area contributed by atoms with Gasteiger partial charge in [-0.1, -0.05) is 19.1 Å². The third-order valence-corrected chi connectivity index (χ3v) is 5.84. The molecule has 2 heterocycles. The van der Waals surface area contributed by atoms with E-state index in [0.29, 0.717) is 11.8 Å². The summed E-state index contributed by atoms with van der Waals surface area (Å²) >= 11 is 1.03. The van der Waals surface area contributed by atoms with Gasteiger partial charge in [-0.05, 0) is 30.4 Å². The van der Waals surface area contributed by atoms with Gasteiger partial charge in [0, 0.05) is 44.4 Å². The zero-order chi connectivity index (χ0) is 22.1. The highest BCUT2D eigenvalue weighted by Gasteiger charge is 2.25. The highest BCUT2D eigenvalue weighted by atomic mass is 32.2. The predicted molar refractivity (Wildman–Crippen MR) is 121 cm³/mol. The lowest BCUT2D eigenvalue weighted by Gasteiger charge is -2.33. The van der Waals surface area contributed by atoms with Crippen LogP contribution in [0.2, 0.25) is 0 Å². The van der Waals surface area contributed by atoms with Crippen molar-refractivity contribution in [1.29, 1.82) is 0 Å². The molecule has 2 fully saturated rings. The normalized spacial score (nSPS) is 20.5. The summed E-state index contributed by atoms with van der Waals surface area (Å²) in [6.07, 6.45) is 2.70. The molecular weight excluding hydrogens is 418 g/mol. The average Bonchev–Trinajstić information content (AvgIpc) is 3.14. The van der Waals surface area contributed by atoms with Crippen LogP contribution in [0.4, 0.5) is 0 Å². The number of hydrogen-bond donors (Lipinski definition) is 1. The monoisotopic (exact) mass is 445 g/mol. The maximum absolute atomic E-state index is 11.8. The lowest BCUT2D eigenvalue weighted by molar-refractivity contribution is -0.135. The van der Waals surface area contributed by atoms with Crippen molar-refractivity contribution < 1.29 is 19.1 Å². The van der Waals surface area contributed by atoms with Crippen LogP contribution in [0.3, 0.4) is 0 Å². The molecule has 166 valence electrons. The third kappa shape index (κ3) is 6.91. The number of benzene rings is 1. The zero-order valence-corrected chi connectivity index (χ0v) is 18.6. The summed E-state index contributed by atoms with van der Waals surface area (Å²) in [4.78, 5) is 28.2. The Morgan fingerprint density at radius 3 is 2.71 bits per heavy atom. The number of methoxy groups -OCH3 is 1. The zero-order valence-electron chi connectivity index (χ0n) is 17.7. The molecule has 1 amide bonds. The lowest BCUT2D eigenvalue weighted by atomic mass is 10.2. The second-order valence-electron chi connectivity index (χ2n) is 6.90. The van der Waals surface area contributed by atoms with Crippen molar-refractivity contribution in [3.05, 3.63) is 40.8 Å². The molecule has 0 unspecified atom stereocenters. The van der Waals surface area contributed by atoms with E-state index >= 15 is 0 Å². The van der Waals surface area contributed by atoms with E-state index in [1.165, 1.54) is 7.11 Å². The molecule has 0 aromatic heterocycles. The fourth-order valence-electron chi connectivity index (χ4n) is 3.12. The number of rotatable bonds is 8. The standard InChI is InChI=1S/C21H27N5O4S/c1-3-25-8-10-26(11-9-25)12-13-30-17-7-5-4-6-16(17)15-22-24-21-23-20(28)18(31-21)14-19(27)29-2/h4-7,14-15H,3,8-13H2,1-2H3,(H,23,24,28)/b18-14+,22-15?. The van der Waals surface area contributed by atoms with Gasteiger partial charge in [-0.2, -0.15) is 5.10 Å². The molecule has 31 heavy (non-hydrogen) atoms. The number of carbonyl (C=O) groups is 2. The fourth-order valence-corrected chi connectivity index (χ4v) is 3.86. The minimum absolute atomic E-state index is 0.212. The summed E-state index contributed by atoms with van der Waals surface area (Å²) < 4.78 is 10.5. The Balaban J connectivity index is 1.53. The number of thioether (sulfide) groups is 1. The number of esters is 1. The van der Waals surface area contributed by atoms with E-state index in [1.807, 2.05) is 24.3 Å². The van der Waals surface area contributed by atoms with Gasteiger partial charge in [-0.25, -0.2) is 4.79 Å². The predicted octanol–water partition coefficient (Wildman–Crippen LogP) is 1.31. The van der Waals surface area contributed by atoms with E-state index in [2.05, 4.69) is 37.0 Å². The van der Waals surface area contributed by atoms with Gasteiger partial charge in [0.2, 0.25) is 0 Å². The first-order chi connectivity index (χ1) is 15.1. The molecular formula is C21H27N5O4S. The largest absolute Gasteiger partial charge is 0.492 e. The molecule has 2 aliphatic heterocycles. The first-order valence-electron chi connectivity index (χ1n) is 10.2. The Morgan fingerprint density at radius 1 is 1.23 bits per heavy atom. The van der Waals surface area contributed by atoms with Crippen molar-refractivity contribution in [2.24, 2.45) is 10.2 Å². The van der Waals surface area contributed by atoms with Gasteiger partial charge in [0.05, 0.1) is 18.2 Å². The number of para-hydroxylation sites is 1. The third-order valence-electron chi connectivity index (χ3n) is 4.94. The molecule has 0 atom stereocenters. The summed E-state index contributed by atoms with van der Waals surface area (Å²) in [6.45, 7) is 9.10. The van der Waals surface area contributed by atoms with Crippen molar-refractivity contribution in [2.75, 3.05) is 53.0 Å². The Hall–Kier alpha value is -2.69. The molecule has 0 aliphatic carbocycles. The molecule has 2 aliphatic rings. The summed E-state index contributed by atoms with van der Waals surface area (Å²) in [5.41, 5.74) is 0.794. The molecule has 10 heteroatoms. The quantitative estimate of drug-likeness (QED) is 0.279. The number of likely N-dealkylation sites (N-methyl/N-ethyl adjacent to an activating group) is 1. The molecule has 1 aromatic rings. The van der Waals surface area contributed by atoms with E-state index < -0.39 is 11.9 Å². The number of nitrogens with one attached hydrogen (secondary N) is 1. The molecule has 0 bridgehead atoms. The van der Waals surface area contributed by atoms with Gasteiger partial charge in [-0.3, -0.25) is 15.0 Å². The molecule has 1 aromatic carbocycles. The molecule has 9 nitrogen and oxygen atoms in total. The van der Waals surface area contributed by atoms with Gasteiger partial charge < -0.3 is 14.4 Å². The van der Waals surface area contributed by atoms with Crippen LogP contribution in [0.25, 0.3) is 0 Å². The fraction of sp³-hybridized carbons (Fsp3) is 0.429. The van der Waals surface area contributed by atoms with Crippen LogP contribution in [-0.4, -0.2) is 86.0 Å². The maximum atomic E-state index is 11.8.